The van der Waals surface area contributed by atoms with Crippen molar-refractivity contribution < 1.29 is 0 Å². The molecule has 2 heteroatoms. The lowest BCUT2D eigenvalue weighted by Gasteiger charge is -2.21. The number of allylic oxidation sites excluding steroid dienone is 2. The summed E-state index contributed by atoms with van der Waals surface area (Å²) in [5.74, 6) is 0. The molecule has 0 aliphatic heterocycles. The third kappa shape index (κ3) is 2.26. The Hall–Kier alpha value is -0.343. The monoisotopic (exact) mass is 280 g/mol. The summed E-state index contributed by atoms with van der Waals surface area (Å²) in [5, 5.41) is 1.52. The van der Waals surface area contributed by atoms with E-state index in [4.69, 9.17) is 0 Å². The molecule has 0 spiro atoms. The van der Waals surface area contributed by atoms with Crippen molar-refractivity contribution in [3.63, 3.8) is 0 Å². The molecule has 0 bridgehead atoms. The predicted molar refractivity (Wildman–Crippen MR) is 74.3 cm³/mol. The molecule has 1 aliphatic carbocycles. The van der Waals surface area contributed by atoms with Crippen molar-refractivity contribution in [1.29, 1.82) is 0 Å². The molecule has 2 rings (SSSR count). The summed E-state index contributed by atoms with van der Waals surface area (Å²) in [5.41, 5.74) is 2.91. The molecule has 1 aromatic rings. The Balaban J connectivity index is 2.39. The van der Waals surface area contributed by atoms with Gasteiger partial charge in [-0.1, -0.05) is 53.8 Å². The van der Waals surface area contributed by atoms with Crippen molar-refractivity contribution in [2.75, 3.05) is 0 Å². The minimum atomic E-state index is -1.19. The largest absolute Gasteiger partial charge is 0.0804 e. The highest BCUT2D eigenvalue weighted by Crippen LogP contribution is 2.30. The topological polar surface area (TPSA) is 0 Å². The highest BCUT2D eigenvalue weighted by molar-refractivity contribution is 9.10. The van der Waals surface area contributed by atoms with Crippen LogP contribution in [0.2, 0.25) is 19.6 Å². The molecule has 0 atom stereocenters. The molecule has 0 nitrogen and oxygen atoms in total. The highest BCUT2D eigenvalue weighted by atomic mass is 79.9. The van der Waals surface area contributed by atoms with Crippen LogP contribution in [0.5, 0.6) is 0 Å². The van der Waals surface area contributed by atoms with E-state index in [0.717, 1.165) is 0 Å². The van der Waals surface area contributed by atoms with Crippen molar-refractivity contribution in [2.45, 2.75) is 32.5 Å². The molecule has 0 fully saturated rings. The first-order valence-electron chi connectivity index (χ1n) is 5.48. The van der Waals surface area contributed by atoms with Crippen LogP contribution in [0, 0.1) is 0 Å². The summed E-state index contributed by atoms with van der Waals surface area (Å²) < 4.78 is 1.30. The van der Waals surface area contributed by atoms with Gasteiger partial charge in [-0.15, -0.1) is 0 Å². The van der Waals surface area contributed by atoms with Gasteiger partial charge in [-0.3, -0.25) is 0 Å². The van der Waals surface area contributed by atoms with Crippen LogP contribution in [0.1, 0.15) is 18.4 Å². The second-order valence-electron chi connectivity index (χ2n) is 5.21. The van der Waals surface area contributed by atoms with Crippen molar-refractivity contribution in [1.82, 2.24) is 0 Å². The fourth-order valence-electron chi connectivity index (χ4n) is 1.87. The Morgan fingerprint density at radius 3 is 2.27 bits per heavy atom. The second kappa shape index (κ2) is 3.91. The Kier molecular flexibility index (Phi) is 2.91. The van der Waals surface area contributed by atoms with Gasteiger partial charge in [0.1, 0.15) is 0 Å². The van der Waals surface area contributed by atoms with E-state index in [-0.39, 0.29) is 0 Å². The first kappa shape index (κ1) is 11.2. The van der Waals surface area contributed by atoms with Gasteiger partial charge in [-0.25, -0.2) is 0 Å². The van der Waals surface area contributed by atoms with Crippen LogP contribution in [0.15, 0.2) is 28.7 Å². The minimum Gasteiger partial charge on any atom is -0.0804 e. The minimum absolute atomic E-state index is 1.19. The average Bonchev–Trinajstić information content (AvgIpc) is 1.97. The number of benzene rings is 1. The summed E-state index contributed by atoms with van der Waals surface area (Å²) >= 11 is 3.71. The normalized spacial score (nSPS) is 15.9. The Morgan fingerprint density at radius 2 is 1.87 bits per heavy atom. The van der Waals surface area contributed by atoms with Gasteiger partial charge >= 0.3 is 0 Å². The van der Waals surface area contributed by atoms with Crippen LogP contribution in [-0.4, -0.2) is 8.07 Å². The fraction of sp³-hybridized carbons (Fsp3) is 0.385. The van der Waals surface area contributed by atoms with Crippen molar-refractivity contribution in [2.24, 2.45) is 0 Å². The molecule has 0 heterocycles. The van der Waals surface area contributed by atoms with Gasteiger partial charge in [0.05, 0.1) is 8.07 Å². The number of rotatable bonds is 2. The van der Waals surface area contributed by atoms with E-state index in [2.05, 4.69) is 59.8 Å². The van der Waals surface area contributed by atoms with Gasteiger partial charge in [-0.2, -0.15) is 0 Å². The molecule has 15 heavy (non-hydrogen) atoms. The Labute approximate surface area is 102 Å². The van der Waals surface area contributed by atoms with Crippen LogP contribution in [0.3, 0.4) is 0 Å². The molecule has 0 radical (unpaired) electrons. The molecule has 0 amide bonds. The molecule has 0 saturated heterocycles. The molecule has 1 aromatic carbocycles. The maximum Gasteiger partial charge on any atom is 0.0790 e. The molecule has 0 aromatic heterocycles. The van der Waals surface area contributed by atoms with Gasteiger partial charge in [-0.05, 0) is 35.2 Å². The lowest BCUT2D eigenvalue weighted by atomic mass is 9.92. The summed E-state index contributed by atoms with van der Waals surface area (Å²) in [6, 6.07) is 6.88. The van der Waals surface area contributed by atoms with Crippen LogP contribution in [0.25, 0.3) is 5.57 Å². The average molecular weight is 281 g/mol. The lowest BCUT2D eigenvalue weighted by Crippen LogP contribution is -2.38. The maximum absolute atomic E-state index is 3.71. The van der Waals surface area contributed by atoms with Crippen molar-refractivity contribution >= 4 is 34.8 Å². The van der Waals surface area contributed by atoms with Crippen LogP contribution >= 0.6 is 15.9 Å². The summed E-state index contributed by atoms with van der Waals surface area (Å²) in [6.45, 7) is 7.15. The smallest absolute Gasteiger partial charge is 0.0790 e. The zero-order chi connectivity index (χ0) is 11.1. The van der Waals surface area contributed by atoms with Gasteiger partial charge in [0.15, 0.2) is 0 Å². The predicted octanol–water partition coefficient (Wildman–Crippen LogP) is 4.17. The zero-order valence-electron chi connectivity index (χ0n) is 9.60. The maximum atomic E-state index is 3.71. The highest BCUT2D eigenvalue weighted by Gasteiger charge is 2.20. The van der Waals surface area contributed by atoms with Crippen molar-refractivity contribution in [3.8, 4) is 0 Å². The molecule has 0 N–H and O–H groups in total. The SMILES string of the molecule is C[Si](C)(C)c1ccc(C2=CCC2)cc1Br. The van der Waals surface area contributed by atoms with E-state index in [9.17, 15) is 0 Å². The lowest BCUT2D eigenvalue weighted by molar-refractivity contribution is 0.988. The molecule has 80 valence electrons. The van der Waals surface area contributed by atoms with E-state index in [1.807, 2.05) is 0 Å². The molecular formula is C13H17BrSi. The standard InChI is InChI=1S/C13H17BrSi/c1-15(2,3)13-8-7-11(9-12(13)14)10-5-4-6-10/h5,7-9H,4,6H2,1-3H3. The van der Waals surface area contributed by atoms with E-state index in [0.29, 0.717) is 0 Å². The molecular weight excluding hydrogens is 264 g/mol. The van der Waals surface area contributed by atoms with E-state index in [1.54, 1.807) is 0 Å². The number of hydrogen-bond donors (Lipinski definition) is 0. The first-order valence-corrected chi connectivity index (χ1v) is 9.77. The second-order valence-corrected chi connectivity index (χ2v) is 11.1. The Bertz CT molecular complexity index is 413. The molecule has 0 saturated carbocycles. The number of hydrogen-bond acceptors (Lipinski definition) is 0. The van der Waals surface area contributed by atoms with Crippen molar-refractivity contribution in [3.05, 3.63) is 34.3 Å². The van der Waals surface area contributed by atoms with E-state index < -0.39 is 8.07 Å². The quantitative estimate of drug-likeness (QED) is 0.714. The van der Waals surface area contributed by atoms with Crippen LogP contribution in [-0.2, 0) is 0 Å². The van der Waals surface area contributed by atoms with Gasteiger partial charge in [0, 0.05) is 4.47 Å². The third-order valence-corrected chi connectivity index (χ3v) is 6.03. The van der Waals surface area contributed by atoms with Crippen LogP contribution in [0.4, 0.5) is 0 Å². The van der Waals surface area contributed by atoms with E-state index in [1.165, 1.54) is 33.6 Å². The number of halogens is 1. The van der Waals surface area contributed by atoms with Gasteiger partial charge in [0.2, 0.25) is 0 Å². The molecule has 0 unspecified atom stereocenters. The third-order valence-electron chi connectivity index (χ3n) is 2.95. The Morgan fingerprint density at radius 1 is 1.20 bits per heavy atom. The summed E-state index contributed by atoms with van der Waals surface area (Å²) in [4.78, 5) is 0. The summed E-state index contributed by atoms with van der Waals surface area (Å²) in [6.07, 6.45) is 4.83. The summed E-state index contributed by atoms with van der Waals surface area (Å²) in [7, 11) is -1.19. The fourth-order valence-corrected chi connectivity index (χ4v) is 5.41. The van der Waals surface area contributed by atoms with Gasteiger partial charge < -0.3 is 0 Å². The van der Waals surface area contributed by atoms with E-state index >= 15 is 0 Å². The molecule has 1 aliphatic rings. The zero-order valence-corrected chi connectivity index (χ0v) is 12.2. The van der Waals surface area contributed by atoms with Crippen LogP contribution < -0.4 is 5.19 Å². The first-order chi connectivity index (χ1) is 6.98. The van der Waals surface area contributed by atoms with Gasteiger partial charge in [0.25, 0.3) is 0 Å².